The van der Waals surface area contributed by atoms with Crippen LogP contribution in [-0.2, 0) is 10.1 Å². The number of halogens is 2. The van der Waals surface area contributed by atoms with Crippen molar-refractivity contribution in [2.45, 2.75) is 11.8 Å². The van der Waals surface area contributed by atoms with Gasteiger partial charge in [-0.25, -0.2) is 4.79 Å². The van der Waals surface area contributed by atoms with Crippen molar-refractivity contribution in [3.05, 3.63) is 66.2 Å². The molecule has 10 nitrogen and oxygen atoms in total. The Hall–Kier alpha value is -4.06. The summed E-state index contributed by atoms with van der Waals surface area (Å²) in [6.07, 6.45) is -0.980. The van der Waals surface area contributed by atoms with Crippen molar-refractivity contribution in [3.63, 3.8) is 0 Å². The van der Waals surface area contributed by atoms with E-state index >= 15 is 0 Å². The van der Waals surface area contributed by atoms with E-state index in [0.29, 0.717) is 43.2 Å². The lowest BCUT2D eigenvalue weighted by Crippen LogP contribution is -2.43. The highest BCUT2D eigenvalue weighted by atomic mass is 19.3. The van der Waals surface area contributed by atoms with Gasteiger partial charge >= 0.3 is 12.5 Å². The van der Waals surface area contributed by atoms with Gasteiger partial charge in [0, 0.05) is 35.2 Å². The van der Waals surface area contributed by atoms with Gasteiger partial charge in [0.05, 0.1) is 19.4 Å². The number of nitrogens with zero attached hydrogens (tertiary/aromatic N) is 6. The molecule has 1 N–H and O–H groups in total. The van der Waals surface area contributed by atoms with Gasteiger partial charge < -0.3 is 19.4 Å². The number of morpholine rings is 1. The zero-order valence-electron chi connectivity index (χ0n) is 20.3. The molecule has 0 unspecified atom stereocenters. The number of urea groups is 1. The first-order chi connectivity index (χ1) is 17.8. The van der Waals surface area contributed by atoms with E-state index in [-0.39, 0.29) is 11.9 Å². The minimum absolute atomic E-state index is 0.0308. The SMILES string of the molecule is BC(B)(c1ccc(-c2nnc(C(F)F)o2)cc1)n1cc(-c2cccc(NC(=O)N3CCOCC3)c2)nn1. The molecule has 2 amide bonds. The molecule has 0 saturated carbocycles. The highest BCUT2D eigenvalue weighted by Gasteiger charge is 2.26. The summed E-state index contributed by atoms with van der Waals surface area (Å²) < 4.78 is 37.6. The van der Waals surface area contributed by atoms with Crippen LogP contribution >= 0.6 is 0 Å². The van der Waals surface area contributed by atoms with Gasteiger partial charge in [0.2, 0.25) is 5.89 Å². The van der Waals surface area contributed by atoms with Crippen molar-refractivity contribution >= 4 is 27.4 Å². The number of anilines is 1. The van der Waals surface area contributed by atoms with Gasteiger partial charge in [-0.1, -0.05) is 29.5 Å². The van der Waals surface area contributed by atoms with E-state index in [9.17, 15) is 13.6 Å². The third kappa shape index (κ3) is 5.24. The van der Waals surface area contributed by atoms with Crippen LogP contribution in [-0.4, -0.2) is 78.1 Å². The third-order valence-electron chi connectivity index (χ3n) is 6.24. The van der Waals surface area contributed by atoms with Crippen LogP contribution in [0.5, 0.6) is 0 Å². The van der Waals surface area contributed by atoms with Gasteiger partial charge in [-0.05, 0) is 29.8 Å². The Morgan fingerprint density at radius 2 is 1.78 bits per heavy atom. The molecule has 1 aliphatic rings. The molecule has 188 valence electrons. The van der Waals surface area contributed by atoms with Crippen molar-refractivity contribution < 1.29 is 22.7 Å². The molecule has 3 heterocycles. The number of aromatic nitrogens is 5. The minimum Gasteiger partial charge on any atom is -0.415 e. The van der Waals surface area contributed by atoms with E-state index in [1.807, 2.05) is 58.3 Å². The molecule has 0 bridgehead atoms. The number of carbonyl (C=O) groups is 1. The Bertz CT molecular complexity index is 1390. The van der Waals surface area contributed by atoms with E-state index in [0.717, 1.165) is 11.1 Å². The number of carbonyl (C=O) groups excluding carboxylic acids is 1. The maximum Gasteiger partial charge on any atom is 0.321 e. The molecule has 0 atom stereocenters. The molecule has 2 aromatic carbocycles. The first kappa shape index (κ1) is 24.6. The standard InChI is InChI=1S/C23H23B2F2N7O3/c24-23(25,16-6-4-14(5-7-16)20-30-31-21(37-20)19(26)27)34-13-18(29-32-34)15-2-1-3-17(12-15)28-22(35)33-8-10-36-11-9-33/h1-7,12-13,19H,8-11,24-25H2,(H,28,35). The second kappa shape index (κ2) is 10.1. The zero-order chi connectivity index (χ0) is 26.0. The molecule has 37 heavy (non-hydrogen) atoms. The molecule has 4 aromatic rings. The van der Waals surface area contributed by atoms with Crippen LogP contribution in [0.4, 0.5) is 19.3 Å². The number of hydrogen-bond acceptors (Lipinski definition) is 7. The van der Waals surface area contributed by atoms with Crippen molar-refractivity contribution in [3.8, 4) is 22.7 Å². The second-order valence-electron chi connectivity index (χ2n) is 9.04. The first-order valence-electron chi connectivity index (χ1n) is 11.7. The maximum absolute atomic E-state index is 12.7. The number of benzene rings is 2. The Balaban J connectivity index is 1.31. The summed E-state index contributed by atoms with van der Waals surface area (Å²) in [4.78, 5) is 14.3. The van der Waals surface area contributed by atoms with E-state index in [4.69, 9.17) is 9.15 Å². The van der Waals surface area contributed by atoms with Crippen molar-refractivity contribution in [2.75, 3.05) is 31.6 Å². The lowest BCUT2D eigenvalue weighted by molar-refractivity contribution is 0.0564. The van der Waals surface area contributed by atoms with Crippen LogP contribution in [0.2, 0.25) is 0 Å². The van der Waals surface area contributed by atoms with Crippen LogP contribution in [0.25, 0.3) is 22.7 Å². The van der Waals surface area contributed by atoms with Gasteiger partial charge in [0.15, 0.2) is 0 Å². The molecule has 1 fully saturated rings. The van der Waals surface area contributed by atoms with Gasteiger partial charge in [0.1, 0.15) is 21.4 Å². The number of alkyl halides is 2. The fourth-order valence-corrected chi connectivity index (χ4v) is 3.99. The highest BCUT2D eigenvalue weighted by Crippen LogP contribution is 2.27. The van der Waals surface area contributed by atoms with E-state index in [1.54, 1.807) is 21.7 Å². The van der Waals surface area contributed by atoms with Crippen LogP contribution in [0.1, 0.15) is 17.9 Å². The molecular formula is C23H23B2F2N7O3. The van der Waals surface area contributed by atoms with Crippen molar-refractivity contribution in [2.24, 2.45) is 0 Å². The monoisotopic (exact) mass is 505 g/mol. The molecule has 5 rings (SSSR count). The second-order valence-corrected chi connectivity index (χ2v) is 9.04. The smallest absolute Gasteiger partial charge is 0.321 e. The number of rotatable bonds is 6. The van der Waals surface area contributed by atoms with Crippen molar-refractivity contribution in [1.82, 2.24) is 30.1 Å². The number of amides is 2. The number of nitrogens with one attached hydrogen (secondary N) is 1. The van der Waals surface area contributed by atoms with Crippen molar-refractivity contribution in [1.29, 1.82) is 0 Å². The summed E-state index contributed by atoms with van der Waals surface area (Å²) in [5, 5.41) is 18.1. The zero-order valence-corrected chi connectivity index (χ0v) is 20.3. The average Bonchev–Trinajstić information content (AvgIpc) is 3.61. The minimum atomic E-state index is -2.82. The van der Waals surface area contributed by atoms with E-state index < -0.39 is 17.7 Å². The Labute approximate surface area is 212 Å². The average molecular weight is 505 g/mol. The highest BCUT2D eigenvalue weighted by molar-refractivity contribution is 6.39. The summed E-state index contributed by atoms with van der Waals surface area (Å²) in [6, 6.07) is 14.4. The molecule has 14 heteroatoms. The molecule has 0 radical (unpaired) electrons. The molecule has 1 saturated heterocycles. The topological polar surface area (TPSA) is 111 Å². The lowest BCUT2D eigenvalue weighted by Gasteiger charge is -2.27. The number of ether oxygens (including phenoxy) is 1. The first-order valence-corrected chi connectivity index (χ1v) is 11.7. The van der Waals surface area contributed by atoms with Gasteiger partial charge in [-0.3, -0.25) is 4.68 Å². The Kier molecular flexibility index (Phi) is 6.74. The largest absolute Gasteiger partial charge is 0.415 e. The third-order valence-corrected chi connectivity index (χ3v) is 6.24. The normalized spacial score (nSPS) is 14.2. The summed E-state index contributed by atoms with van der Waals surface area (Å²) in [7, 11) is 3.97. The van der Waals surface area contributed by atoms with E-state index in [2.05, 4.69) is 25.8 Å². The Morgan fingerprint density at radius 1 is 1.03 bits per heavy atom. The fourth-order valence-electron chi connectivity index (χ4n) is 3.99. The molecule has 1 aliphatic heterocycles. The fraction of sp³-hybridized carbons (Fsp3) is 0.261. The Morgan fingerprint density at radius 3 is 2.49 bits per heavy atom. The van der Waals surface area contributed by atoms with Gasteiger partial charge in [0.25, 0.3) is 5.89 Å². The lowest BCUT2D eigenvalue weighted by atomic mass is 9.58. The molecular weight excluding hydrogens is 482 g/mol. The summed E-state index contributed by atoms with van der Waals surface area (Å²) in [5.41, 5.74) is 3.57. The molecule has 0 spiro atoms. The van der Waals surface area contributed by atoms with Crippen LogP contribution in [0.3, 0.4) is 0 Å². The predicted molar refractivity (Wildman–Crippen MR) is 136 cm³/mol. The van der Waals surface area contributed by atoms with Gasteiger partial charge in [-0.2, -0.15) is 8.78 Å². The summed E-state index contributed by atoms with van der Waals surface area (Å²) in [5.74, 6) is -0.678. The molecule has 2 aromatic heterocycles. The maximum atomic E-state index is 12.7. The summed E-state index contributed by atoms with van der Waals surface area (Å²) >= 11 is 0. The van der Waals surface area contributed by atoms with Crippen LogP contribution in [0.15, 0.2) is 59.1 Å². The summed E-state index contributed by atoms with van der Waals surface area (Å²) in [6.45, 7) is 2.18. The number of hydrogen-bond donors (Lipinski definition) is 1. The quantitative estimate of drug-likeness (QED) is 0.398. The predicted octanol–water partition coefficient (Wildman–Crippen LogP) is 1.72. The van der Waals surface area contributed by atoms with E-state index in [1.165, 1.54) is 0 Å². The molecule has 0 aliphatic carbocycles. The van der Waals surface area contributed by atoms with Crippen LogP contribution < -0.4 is 5.32 Å². The van der Waals surface area contributed by atoms with Gasteiger partial charge in [-0.15, -0.1) is 15.3 Å². The van der Waals surface area contributed by atoms with Crippen LogP contribution in [0, 0.1) is 0 Å².